The molecule has 0 spiro atoms. The summed E-state index contributed by atoms with van der Waals surface area (Å²) in [5, 5.41) is 5.91. The van der Waals surface area contributed by atoms with Gasteiger partial charge in [0.1, 0.15) is 11.6 Å². The number of rotatable bonds is 12. The Balaban J connectivity index is 2.04. The van der Waals surface area contributed by atoms with Crippen LogP contribution in [0.3, 0.4) is 0 Å². The topological polar surface area (TPSA) is 49.9 Å². The van der Waals surface area contributed by atoms with E-state index in [2.05, 4.69) is 73.4 Å². The molecule has 2 aromatic carbocycles. The molecule has 0 aliphatic carbocycles. The number of fused-ring (bicyclic) bond motifs is 1. The molecule has 180 valence electrons. The highest BCUT2D eigenvalue weighted by Gasteiger charge is 2.27. The van der Waals surface area contributed by atoms with Crippen molar-refractivity contribution < 1.29 is 4.74 Å². The van der Waals surface area contributed by atoms with Crippen LogP contribution in [0, 0.1) is 0 Å². The SMILES string of the molecule is C=C/C=C(\C=C/C)c1[nH]c(C(C)(C)CNCCCSC)nc1-c1ccc2cc(OC)ccc2c1. The van der Waals surface area contributed by atoms with Gasteiger partial charge in [0, 0.05) is 17.5 Å². The molecule has 2 N–H and O–H groups in total. The predicted molar refractivity (Wildman–Crippen MR) is 150 cm³/mol. The molecule has 0 aliphatic rings. The van der Waals surface area contributed by atoms with Crippen LogP contribution in [0.2, 0.25) is 0 Å². The lowest BCUT2D eigenvalue weighted by molar-refractivity contribution is 0.415. The highest BCUT2D eigenvalue weighted by molar-refractivity contribution is 7.98. The average Bonchev–Trinajstić information content (AvgIpc) is 3.29. The summed E-state index contributed by atoms with van der Waals surface area (Å²) in [7, 11) is 1.70. The van der Waals surface area contributed by atoms with E-state index >= 15 is 0 Å². The normalized spacial score (nSPS) is 12.6. The van der Waals surface area contributed by atoms with Crippen molar-refractivity contribution in [1.29, 1.82) is 0 Å². The third-order valence-electron chi connectivity index (χ3n) is 5.87. The third kappa shape index (κ3) is 6.22. The van der Waals surface area contributed by atoms with Gasteiger partial charge in [-0.1, -0.05) is 62.9 Å². The van der Waals surface area contributed by atoms with Crippen molar-refractivity contribution >= 4 is 28.1 Å². The lowest BCUT2D eigenvalue weighted by Gasteiger charge is -2.22. The maximum absolute atomic E-state index is 5.39. The number of ether oxygens (including phenoxy) is 1. The number of hydrogen-bond donors (Lipinski definition) is 2. The van der Waals surface area contributed by atoms with E-state index in [9.17, 15) is 0 Å². The highest BCUT2D eigenvalue weighted by atomic mass is 32.2. The van der Waals surface area contributed by atoms with Gasteiger partial charge >= 0.3 is 0 Å². The number of hydrogen-bond acceptors (Lipinski definition) is 4. The van der Waals surface area contributed by atoms with E-state index in [1.54, 1.807) is 7.11 Å². The second-order valence-corrected chi connectivity index (χ2v) is 9.99. The van der Waals surface area contributed by atoms with Crippen LogP contribution >= 0.6 is 11.8 Å². The molecule has 0 atom stereocenters. The number of H-pyrrole nitrogens is 1. The van der Waals surface area contributed by atoms with Crippen LogP contribution in [0.15, 0.2) is 67.3 Å². The van der Waals surface area contributed by atoms with Crippen LogP contribution in [0.4, 0.5) is 0 Å². The first kappa shape index (κ1) is 25.9. The second kappa shape index (κ2) is 12.1. The molecule has 0 aliphatic heterocycles. The van der Waals surface area contributed by atoms with E-state index in [1.807, 2.05) is 43.0 Å². The van der Waals surface area contributed by atoms with Crippen LogP contribution in [-0.2, 0) is 5.41 Å². The molecule has 0 saturated carbocycles. The zero-order valence-corrected chi connectivity index (χ0v) is 21.9. The number of allylic oxidation sites excluding steroid dienone is 5. The van der Waals surface area contributed by atoms with E-state index in [4.69, 9.17) is 9.72 Å². The van der Waals surface area contributed by atoms with Gasteiger partial charge in [-0.15, -0.1) is 0 Å². The van der Waals surface area contributed by atoms with Gasteiger partial charge in [0.05, 0.1) is 18.5 Å². The van der Waals surface area contributed by atoms with E-state index < -0.39 is 0 Å². The minimum absolute atomic E-state index is 0.147. The molecule has 5 heteroatoms. The zero-order chi connectivity index (χ0) is 24.6. The van der Waals surface area contributed by atoms with Crippen molar-refractivity contribution in [3.05, 3.63) is 78.8 Å². The number of methoxy groups -OCH3 is 1. The smallest absolute Gasteiger partial charge is 0.119 e. The minimum Gasteiger partial charge on any atom is -0.497 e. The van der Waals surface area contributed by atoms with E-state index in [0.717, 1.165) is 58.0 Å². The Labute approximate surface area is 208 Å². The lowest BCUT2D eigenvalue weighted by atomic mass is 9.92. The molecule has 3 rings (SSSR count). The molecular weight excluding hydrogens is 438 g/mol. The van der Waals surface area contributed by atoms with Gasteiger partial charge in [0.15, 0.2) is 0 Å². The van der Waals surface area contributed by atoms with Crippen LogP contribution in [0.25, 0.3) is 27.6 Å². The summed E-state index contributed by atoms with van der Waals surface area (Å²) in [5.74, 6) is 3.01. The molecule has 0 radical (unpaired) electrons. The maximum Gasteiger partial charge on any atom is 0.119 e. The number of nitrogens with zero attached hydrogens (tertiary/aromatic N) is 1. The molecule has 0 unspecified atom stereocenters. The lowest BCUT2D eigenvalue weighted by Crippen LogP contribution is -2.34. The molecule has 3 aromatic rings. The number of nitrogens with one attached hydrogen (secondary N) is 2. The number of imidazole rings is 1. The van der Waals surface area contributed by atoms with Gasteiger partial charge in [-0.05, 0) is 66.4 Å². The first-order valence-corrected chi connectivity index (χ1v) is 13.2. The Morgan fingerprint density at radius 3 is 2.68 bits per heavy atom. The molecule has 4 nitrogen and oxygen atoms in total. The molecule has 0 amide bonds. The Morgan fingerprint density at radius 2 is 1.97 bits per heavy atom. The van der Waals surface area contributed by atoms with E-state index in [1.165, 1.54) is 12.2 Å². The first-order chi connectivity index (χ1) is 16.4. The third-order valence-corrected chi connectivity index (χ3v) is 6.56. The van der Waals surface area contributed by atoms with Crippen LogP contribution in [-0.4, -0.2) is 42.2 Å². The Hall–Kier alpha value is -2.76. The quantitative estimate of drug-likeness (QED) is 0.219. The fourth-order valence-corrected chi connectivity index (χ4v) is 4.40. The largest absolute Gasteiger partial charge is 0.497 e. The van der Waals surface area contributed by atoms with E-state index in [0.29, 0.717) is 0 Å². The molecule has 34 heavy (non-hydrogen) atoms. The highest BCUT2D eigenvalue weighted by Crippen LogP contribution is 2.34. The number of benzene rings is 2. The average molecular weight is 476 g/mol. The molecule has 0 saturated heterocycles. The van der Waals surface area contributed by atoms with Crippen molar-refractivity contribution in [2.45, 2.75) is 32.6 Å². The second-order valence-electron chi connectivity index (χ2n) is 9.00. The summed E-state index contributed by atoms with van der Waals surface area (Å²) in [6.45, 7) is 12.3. The summed E-state index contributed by atoms with van der Waals surface area (Å²) in [5.41, 5.74) is 3.96. The van der Waals surface area contributed by atoms with Crippen molar-refractivity contribution in [1.82, 2.24) is 15.3 Å². The fraction of sp³-hybridized carbons (Fsp3) is 0.345. The van der Waals surface area contributed by atoms with Gasteiger partial charge in [0.2, 0.25) is 0 Å². The zero-order valence-electron chi connectivity index (χ0n) is 21.1. The number of thioether (sulfide) groups is 1. The van der Waals surface area contributed by atoms with Gasteiger partial charge in [-0.3, -0.25) is 0 Å². The van der Waals surface area contributed by atoms with Crippen molar-refractivity contribution in [2.75, 3.05) is 32.2 Å². The molecule has 0 fully saturated rings. The monoisotopic (exact) mass is 475 g/mol. The van der Waals surface area contributed by atoms with Crippen LogP contribution in [0.5, 0.6) is 5.75 Å². The summed E-state index contributed by atoms with van der Waals surface area (Å²) >= 11 is 1.89. The van der Waals surface area contributed by atoms with Gasteiger partial charge in [0.25, 0.3) is 0 Å². The summed E-state index contributed by atoms with van der Waals surface area (Å²) in [6.07, 6.45) is 11.3. The molecule has 1 heterocycles. The van der Waals surface area contributed by atoms with Gasteiger partial charge in [-0.25, -0.2) is 4.98 Å². The summed E-state index contributed by atoms with van der Waals surface area (Å²) < 4.78 is 5.39. The molecular formula is C29H37N3OS. The maximum atomic E-state index is 5.39. The van der Waals surface area contributed by atoms with Crippen molar-refractivity contribution in [3.8, 4) is 17.0 Å². The van der Waals surface area contributed by atoms with Gasteiger partial charge < -0.3 is 15.0 Å². The Morgan fingerprint density at radius 1 is 1.21 bits per heavy atom. The number of aromatic nitrogens is 2. The van der Waals surface area contributed by atoms with Crippen molar-refractivity contribution in [2.24, 2.45) is 0 Å². The summed E-state index contributed by atoms with van der Waals surface area (Å²) in [4.78, 5) is 8.83. The Bertz CT molecular complexity index is 1170. The minimum atomic E-state index is -0.147. The Kier molecular flexibility index (Phi) is 9.20. The van der Waals surface area contributed by atoms with E-state index in [-0.39, 0.29) is 5.41 Å². The molecule has 0 bridgehead atoms. The first-order valence-electron chi connectivity index (χ1n) is 11.8. The molecule has 1 aromatic heterocycles. The van der Waals surface area contributed by atoms with Gasteiger partial charge in [-0.2, -0.15) is 11.8 Å². The van der Waals surface area contributed by atoms with Crippen LogP contribution in [0.1, 0.15) is 38.7 Å². The van der Waals surface area contributed by atoms with Crippen molar-refractivity contribution in [3.63, 3.8) is 0 Å². The van der Waals surface area contributed by atoms with Crippen LogP contribution < -0.4 is 10.1 Å². The summed E-state index contributed by atoms with van der Waals surface area (Å²) in [6, 6.07) is 12.6. The number of aromatic amines is 1. The standard InChI is InChI=1S/C29H37N3OS/c1-7-10-21(11-8-2)26-27(24-13-12-23-19-25(33-5)15-14-22(23)18-24)32-28(31-26)29(3,4)20-30-16-9-17-34-6/h7-8,10-15,18-19,30H,1,9,16-17,20H2,2-6H3,(H,31,32)/b11-8-,21-10+. The fourth-order valence-electron chi connectivity index (χ4n) is 3.96. The predicted octanol–water partition coefficient (Wildman–Crippen LogP) is 7.00.